The van der Waals surface area contributed by atoms with Crippen LogP contribution in [-0.2, 0) is 9.53 Å². The Morgan fingerprint density at radius 3 is 2.78 bits per heavy atom. The molecule has 2 rings (SSSR count). The summed E-state index contributed by atoms with van der Waals surface area (Å²) in [5.74, 6) is 0.358. The molecule has 104 valence electrons. The van der Waals surface area contributed by atoms with Gasteiger partial charge in [0.15, 0.2) is 0 Å². The third-order valence-corrected chi connectivity index (χ3v) is 4.39. The lowest BCUT2D eigenvalue weighted by atomic mass is 9.77. The first kappa shape index (κ1) is 13.8. The molecule has 0 spiro atoms. The zero-order chi connectivity index (χ0) is 13.0. The normalized spacial score (nSPS) is 28.1. The molecule has 1 aliphatic heterocycles. The van der Waals surface area contributed by atoms with Crippen molar-refractivity contribution in [2.75, 3.05) is 33.4 Å². The van der Waals surface area contributed by atoms with Gasteiger partial charge in [-0.2, -0.15) is 0 Å². The Kier molecular flexibility index (Phi) is 4.62. The van der Waals surface area contributed by atoms with Gasteiger partial charge in [-0.15, -0.1) is 0 Å². The molecule has 1 saturated heterocycles. The number of rotatable bonds is 6. The summed E-state index contributed by atoms with van der Waals surface area (Å²) < 4.78 is 5.14. The smallest absolute Gasteiger partial charge is 0.230 e. The minimum absolute atomic E-state index is 0.158. The molecule has 0 bridgehead atoms. The largest absolute Gasteiger partial charge is 0.383 e. The highest BCUT2D eigenvalue weighted by atomic mass is 16.5. The lowest BCUT2D eigenvalue weighted by Crippen LogP contribution is -2.52. The van der Waals surface area contributed by atoms with Crippen LogP contribution < -0.4 is 5.32 Å². The Hall–Kier alpha value is -0.610. The van der Waals surface area contributed by atoms with E-state index in [9.17, 15) is 4.79 Å². The van der Waals surface area contributed by atoms with Gasteiger partial charge in [0.1, 0.15) is 0 Å². The molecule has 0 aromatic carbocycles. The van der Waals surface area contributed by atoms with Crippen LogP contribution in [0.1, 0.15) is 39.0 Å². The predicted octanol–water partition coefficient (Wildman–Crippen LogP) is 1.40. The number of methoxy groups -OCH3 is 1. The molecular formula is C14H26N2O2. The van der Waals surface area contributed by atoms with E-state index in [1.807, 2.05) is 0 Å². The molecule has 1 unspecified atom stereocenters. The average molecular weight is 254 g/mol. The van der Waals surface area contributed by atoms with E-state index in [-0.39, 0.29) is 5.41 Å². The van der Waals surface area contributed by atoms with Gasteiger partial charge >= 0.3 is 0 Å². The summed E-state index contributed by atoms with van der Waals surface area (Å²) >= 11 is 0. The molecule has 1 N–H and O–H groups in total. The fourth-order valence-corrected chi connectivity index (χ4v) is 2.93. The highest BCUT2D eigenvalue weighted by molar-refractivity contribution is 5.83. The molecule has 0 radical (unpaired) electrons. The van der Waals surface area contributed by atoms with Crippen molar-refractivity contribution in [2.24, 2.45) is 5.41 Å². The SMILES string of the molecule is CCC1(C(=O)N(CCOC)C2CC2)CCCNC1. The number of amides is 1. The molecule has 1 amide bonds. The Balaban J connectivity index is 2.04. The Morgan fingerprint density at radius 2 is 2.28 bits per heavy atom. The maximum Gasteiger partial charge on any atom is 0.230 e. The van der Waals surface area contributed by atoms with Crippen LogP contribution >= 0.6 is 0 Å². The third kappa shape index (κ3) is 2.86. The van der Waals surface area contributed by atoms with E-state index in [2.05, 4.69) is 17.1 Å². The molecule has 1 heterocycles. The molecule has 18 heavy (non-hydrogen) atoms. The van der Waals surface area contributed by atoms with Gasteiger partial charge in [0.2, 0.25) is 5.91 Å². The molecule has 2 aliphatic rings. The van der Waals surface area contributed by atoms with E-state index in [1.165, 1.54) is 12.8 Å². The van der Waals surface area contributed by atoms with E-state index >= 15 is 0 Å². The number of carbonyl (C=O) groups excluding carboxylic acids is 1. The van der Waals surface area contributed by atoms with E-state index in [4.69, 9.17) is 4.74 Å². The lowest BCUT2D eigenvalue weighted by molar-refractivity contribution is -0.145. The van der Waals surface area contributed by atoms with Gasteiger partial charge in [0.25, 0.3) is 0 Å². The van der Waals surface area contributed by atoms with Crippen molar-refractivity contribution in [1.82, 2.24) is 10.2 Å². The summed E-state index contributed by atoms with van der Waals surface area (Å²) in [6, 6.07) is 0.484. The fraction of sp³-hybridized carbons (Fsp3) is 0.929. The minimum atomic E-state index is -0.158. The highest BCUT2D eigenvalue weighted by Gasteiger charge is 2.44. The van der Waals surface area contributed by atoms with Crippen LogP contribution in [0.3, 0.4) is 0 Å². The predicted molar refractivity (Wildman–Crippen MR) is 71.4 cm³/mol. The van der Waals surface area contributed by atoms with Crippen molar-refractivity contribution in [2.45, 2.75) is 45.1 Å². The first-order valence-electron chi connectivity index (χ1n) is 7.24. The molecular weight excluding hydrogens is 228 g/mol. The fourth-order valence-electron chi connectivity index (χ4n) is 2.93. The van der Waals surface area contributed by atoms with Gasteiger partial charge in [-0.3, -0.25) is 4.79 Å². The van der Waals surface area contributed by atoms with Gasteiger partial charge in [0.05, 0.1) is 12.0 Å². The number of hydrogen-bond acceptors (Lipinski definition) is 3. The van der Waals surface area contributed by atoms with Crippen LogP contribution in [0.4, 0.5) is 0 Å². The first-order chi connectivity index (χ1) is 8.73. The molecule has 1 atom stereocenters. The second kappa shape index (κ2) is 6.02. The topological polar surface area (TPSA) is 41.6 Å². The third-order valence-electron chi connectivity index (χ3n) is 4.39. The van der Waals surface area contributed by atoms with Gasteiger partial charge in [-0.05, 0) is 38.6 Å². The maximum absolute atomic E-state index is 12.9. The van der Waals surface area contributed by atoms with Crippen molar-refractivity contribution in [3.63, 3.8) is 0 Å². The van der Waals surface area contributed by atoms with Crippen molar-refractivity contribution in [3.05, 3.63) is 0 Å². The number of piperidine rings is 1. The standard InChI is InChI=1S/C14H26N2O2/c1-3-14(7-4-8-15-11-14)13(17)16(9-10-18-2)12-5-6-12/h12,15H,3-11H2,1-2H3. The number of carbonyl (C=O) groups is 1. The second-order valence-electron chi connectivity index (χ2n) is 5.64. The number of nitrogens with one attached hydrogen (secondary N) is 1. The Morgan fingerprint density at radius 1 is 1.50 bits per heavy atom. The monoisotopic (exact) mass is 254 g/mol. The van der Waals surface area contributed by atoms with Gasteiger partial charge < -0.3 is 15.0 Å². The van der Waals surface area contributed by atoms with Crippen LogP contribution in [0.5, 0.6) is 0 Å². The van der Waals surface area contributed by atoms with Crippen LogP contribution in [0.25, 0.3) is 0 Å². The van der Waals surface area contributed by atoms with E-state index in [0.29, 0.717) is 18.6 Å². The summed E-state index contributed by atoms with van der Waals surface area (Å²) in [7, 11) is 1.70. The molecule has 0 aromatic rings. The minimum Gasteiger partial charge on any atom is -0.383 e. The molecule has 2 fully saturated rings. The van der Waals surface area contributed by atoms with Gasteiger partial charge in [-0.1, -0.05) is 6.92 Å². The highest BCUT2D eigenvalue weighted by Crippen LogP contribution is 2.36. The maximum atomic E-state index is 12.9. The summed E-state index contributed by atoms with van der Waals surface area (Å²) in [4.78, 5) is 15.0. The average Bonchev–Trinajstić information content (AvgIpc) is 3.24. The lowest BCUT2D eigenvalue weighted by Gasteiger charge is -2.39. The van der Waals surface area contributed by atoms with Crippen LogP contribution in [-0.4, -0.2) is 50.2 Å². The number of nitrogens with zero attached hydrogens (tertiary/aromatic N) is 1. The Labute approximate surface area is 110 Å². The number of ether oxygens (including phenoxy) is 1. The summed E-state index contributed by atoms with van der Waals surface area (Å²) in [5.41, 5.74) is -0.158. The van der Waals surface area contributed by atoms with E-state index in [0.717, 1.165) is 38.9 Å². The zero-order valence-electron chi connectivity index (χ0n) is 11.7. The van der Waals surface area contributed by atoms with Crippen LogP contribution in [0, 0.1) is 5.41 Å². The van der Waals surface area contributed by atoms with Crippen molar-refractivity contribution in [1.29, 1.82) is 0 Å². The van der Waals surface area contributed by atoms with Crippen LogP contribution in [0.15, 0.2) is 0 Å². The molecule has 4 nitrogen and oxygen atoms in total. The van der Waals surface area contributed by atoms with Gasteiger partial charge in [0, 0.05) is 26.2 Å². The number of hydrogen-bond donors (Lipinski definition) is 1. The zero-order valence-corrected chi connectivity index (χ0v) is 11.7. The van der Waals surface area contributed by atoms with Crippen molar-refractivity contribution < 1.29 is 9.53 Å². The summed E-state index contributed by atoms with van der Waals surface area (Å²) in [5, 5.41) is 3.40. The summed E-state index contributed by atoms with van der Waals surface area (Å²) in [6.07, 6.45) is 5.42. The van der Waals surface area contributed by atoms with Crippen molar-refractivity contribution in [3.8, 4) is 0 Å². The molecule has 4 heteroatoms. The molecule has 1 saturated carbocycles. The quantitative estimate of drug-likeness (QED) is 0.779. The Bertz CT molecular complexity index is 284. The first-order valence-corrected chi connectivity index (χ1v) is 7.24. The molecule has 0 aromatic heterocycles. The van der Waals surface area contributed by atoms with E-state index < -0.39 is 0 Å². The second-order valence-corrected chi connectivity index (χ2v) is 5.64. The summed E-state index contributed by atoms with van der Waals surface area (Å²) in [6.45, 7) is 5.44. The van der Waals surface area contributed by atoms with Gasteiger partial charge in [-0.25, -0.2) is 0 Å². The van der Waals surface area contributed by atoms with Crippen molar-refractivity contribution >= 4 is 5.91 Å². The molecule has 1 aliphatic carbocycles. The van der Waals surface area contributed by atoms with E-state index in [1.54, 1.807) is 7.11 Å². The van der Waals surface area contributed by atoms with Crippen LogP contribution in [0.2, 0.25) is 0 Å².